The van der Waals surface area contributed by atoms with Gasteiger partial charge in [-0.25, -0.2) is 4.79 Å². The van der Waals surface area contributed by atoms with Crippen molar-refractivity contribution in [3.8, 4) is 11.1 Å². The smallest absolute Gasteiger partial charge is 0.338 e. The molecule has 2 aromatic rings. The normalized spacial score (nSPS) is 16.2. The maximum absolute atomic E-state index is 11.7. The molecule has 4 rings (SSSR count). The van der Waals surface area contributed by atoms with Crippen LogP contribution in [0, 0.1) is 0 Å². The van der Waals surface area contributed by atoms with Crippen LogP contribution in [-0.2, 0) is 16.1 Å². The molecule has 1 fully saturated rings. The Morgan fingerprint density at radius 2 is 1.81 bits per heavy atom. The number of piperazine rings is 1. The van der Waals surface area contributed by atoms with Gasteiger partial charge in [0.2, 0.25) is 5.91 Å². The van der Waals surface area contributed by atoms with E-state index >= 15 is 0 Å². The number of nitrogens with zero attached hydrogens (tertiary/aromatic N) is 2. The summed E-state index contributed by atoms with van der Waals surface area (Å²) in [6.07, 6.45) is 1.37. The van der Waals surface area contributed by atoms with E-state index in [0.29, 0.717) is 25.3 Å². The molecule has 26 heavy (non-hydrogen) atoms. The number of rotatable bonds is 3. The van der Waals surface area contributed by atoms with Gasteiger partial charge in [-0.2, -0.15) is 0 Å². The van der Waals surface area contributed by atoms with Crippen LogP contribution in [0.25, 0.3) is 11.1 Å². The molecule has 5 nitrogen and oxygen atoms in total. The van der Waals surface area contributed by atoms with E-state index in [1.54, 1.807) is 0 Å². The van der Waals surface area contributed by atoms with E-state index in [2.05, 4.69) is 29.7 Å². The van der Waals surface area contributed by atoms with Crippen LogP contribution >= 0.6 is 0 Å². The largest absolute Gasteiger partial charge is 0.457 e. The van der Waals surface area contributed by atoms with Gasteiger partial charge in [0.1, 0.15) is 6.61 Å². The van der Waals surface area contributed by atoms with Crippen molar-refractivity contribution in [1.29, 1.82) is 0 Å². The van der Waals surface area contributed by atoms with E-state index in [-0.39, 0.29) is 11.9 Å². The van der Waals surface area contributed by atoms with Crippen LogP contribution in [0.1, 0.15) is 15.9 Å². The number of hydrogen-bond acceptors (Lipinski definition) is 4. The first-order valence-electron chi connectivity index (χ1n) is 8.72. The molecule has 0 bridgehead atoms. The third-order valence-electron chi connectivity index (χ3n) is 4.99. The van der Waals surface area contributed by atoms with Gasteiger partial charge in [0.15, 0.2) is 0 Å². The number of benzene rings is 2. The zero-order chi connectivity index (χ0) is 18.1. The number of hydrogen-bond donors (Lipinski definition) is 0. The summed E-state index contributed by atoms with van der Waals surface area (Å²) in [6.45, 7) is 6.91. The SMILES string of the molecule is C=CC(=O)N1CCN(c2cccc(-c3ccc4c(c3)COC4=O)c2)CC1. The van der Waals surface area contributed by atoms with Crippen molar-refractivity contribution >= 4 is 17.6 Å². The van der Waals surface area contributed by atoms with Gasteiger partial charge in [0.05, 0.1) is 5.56 Å². The maximum atomic E-state index is 11.7. The number of amides is 1. The third kappa shape index (κ3) is 2.96. The molecule has 2 aliphatic heterocycles. The van der Waals surface area contributed by atoms with E-state index in [9.17, 15) is 9.59 Å². The van der Waals surface area contributed by atoms with E-state index in [1.165, 1.54) is 6.08 Å². The van der Waals surface area contributed by atoms with Crippen molar-refractivity contribution < 1.29 is 14.3 Å². The molecule has 2 heterocycles. The molecular weight excluding hydrogens is 328 g/mol. The Bertz CT molecular complexity index is 883. The topological polar surface area (TPSA) is 49.9 Å². The minimum Gasteiger partial charge on any atom is -0.457 e. The Hall–Kier alpha value is -3.08. The molecule has 0 atom stereocenters. The second kappa shape index (κ2) is 6.67. The van der Waals surface area contributed by atoms with Gasteiger partial charge in [-0.15, -0.1) is 0 Å². The highest BCUT2D eigenvalue weighted by Crippen LogP contribution is 2.29. The molecule has 0 unspecified atom stereocenters. The number of carbonyl (C=O) groups is 2. The van der Waals surface area contributed by atoms with E-state index in [4.69, 9.17) is 4.74 Å². The molecule has 0 aromatic heterocycles. The molecule has 5 heteroatoms. The Balaban J connectivity index is 1.54. The van der Waals surface area contributed by atoms with Crippen LogP contribution in [0.15, 0.2) is 55.1 Å². The zero-order valence-corrected chi connectivity index (χ0v) is 14.5. The molecule has 2 aromatic carbocycles. The molecule has 132 valence electrons. The van der Waals surface area contributed by atoms with Gasteiger partial charge < -0.3 is 14.5 Å². The maximum Gasteiger partial charge on any atom is 0.338 e. The first-order valence-corrected chi connectivity index (χ1v) is 8.72. The number of ether oxygens (including phenoxy) is 1. The number of carbonyl (C=O) groups excluding carboxylic acids is 2. The average Bonchev–Trinajstić information content (AvgIpc) is 3.08. The van der Waals surface area contributed by atoms with Gasteiger partial charge in [-0.1, -0.05) is 24.8 Å². The fourth-order valence-electron chi connectivity index (χ4n) is 3.51. The van der Waals surface area contributed by atoms with Gasteiger partial charge in [0, 0.05) is 37.4 Å². The van der Waals surface area contributed by atoms with Crippen molar-refractivity contribution in [2.45, 2.75) is 6.61 Å². The van der Waals surface area contributed by atoms with Gasteiger partial charge in [-0.05, 0) is 41.5 Å². The van der Waals surface area contributed by atoms with Crippen molar-refractivity contribution in [1.82, 2.24) is 4.90 Å². The van der Waals surface area contributed by atoms with Crippen LogP contribution in [0.3, 0.4) is 0 Å². The van der Waals surface area contributed by atoms with Crippen molar-refractivity contribution in [3.05, 3.63) is 66.2 Å². The first kappa shape index (κ1) is 16.4. The highest BCUT2D eigenvalue weighted by atomic mass is 16.5. The highest BCUT2D eigenvalue weighted by Gasteiger charge is 2.22. The first-order chi connectivity index (χ1) is 12.7. The lowest BCUT2D eigenvalue weighted by Gasteiger charge is -2.35. The summed E-state index contributed by atoms with van der Waals surface area (Å²) >= 11 is 0. The fraction of sp³-hybridized carbons (Fsp3) is 0.238. The lowest BCUT2D eigenvalue weighted by Crippen LogP contribution is -2.48. The molecule has 2 aliphatic rings. The van der Waals surface area contributed by atoms with Crippen LogP contribution in [-0.4, -0.2) is 43.0 Å². The van der Waals surface area contributed by atoms with Crippen molar-refractivity contribution in [2.24, 2.45) is 0 Å². The zero-order valence-electron chi connectivity index (χ0n) is 14.5. The Kier molecular flexibility index (Phi) is 4.21. The van der Waals surface area contributed by atoms with Gasteiger partial charge in [-0.3, -0.25) is 4.79 Å². The second-order valence-corrected chi connectivity index (χ2v) is 6.51. The third-order valence-corrected chi connectivity index (χ3v) is 4.99. The molecule has 1 saturated heterocycles. The molecule has 1 amide bonds. The summed E-state index contributed by atoms with van der Waals surface area (Å²) in [6, 6.07) is 14.2. The van der Waals surface area contributed by atoms with E-state index < -0.39 is 0 Å². The summed E-state index contributed by atoms with van der Waals surface area (Å²) < 4.78 is 5.09. The second-order valence-electron chi connectivity index (χ2n) is 6.51. The molecule has 0 N–H and O–H groups in total. The monoisotopic (exact) mass is 348 g/mol. The highest BCUT2D eigenvalue weighted by molar-refractivity contribution is 5.94. The lowest BCUT2D eigenvalue weighted by molar-refractivity contribution is -0.126. The van der Waals surface area contributed by atoms with Crippen LogP contribution in [0.4, 0.5) is 5.69 Å². The molecule has 0 saturated carbocycles. The standard InChI is InChI=1S/C21H20N2O3/c1-2-20(24)23-10-8-22(9-11-23)18-5-3-4-15(13-18)16-6-7-19-17(12-16)14-26-21(19)25/h2-7,12-13H,1,8-11,14H2. The number of cyclic esters (lactones) is 1. The van der Waals surface area contributed by atoms with E-state index in [1.807, 2.05) is 29.2 Å². The fourth-order valence-corrected chi connectivity index (χ4v) is 3.51. The van der Waals surface area contributed by atoms with Gasteiger partial charge >= 0.3 is 5.97 Å². The minimum absolute atomic E-state index is 0.00620. The summed E-state index contributed by atoms with van der Waals surface area (Å²) in [5.41, 5.74) is 4.92. The number of fused-ring (bicyclic) bond motifs is 1. The molecule has 0 spiro atoms. The summed E-state index contributed by atoms with van der Waals surface area (Å²) in [7, 11) is 0. The summed E-state index contributed by atoms with van der Waals surface area (Å²) in [4.78, 5) is 27.4. The Morgan fingerprint density at radius 1 is 1.04 bits per heavy atom. The number of anilines is 1. The quantitative estimate of drug-likeness (QED) is 0.632. The molecule has 0 radical (unpaired) electrons. The lowest BCUT2D eigenvalue weighted by atomic mass is 10.00. The van der Waals surface area contributed by atoms with Crippen LogP contribution < -0.4 is 4.90 Å². The van der Waals surface area contributed by atoms with Crippen LogP contribution in [0.2, 0.25) is 0 Å². The molecule has 0 aliphatic carbocycles. The summed E-state index contributed by atoms with van der Waals surface area (Å²) in [5.74, 6) is -0.249. The average molecular weight is 348 g/mol. The van der Waals surface area contributed by atoms with E-state index in [0.717, 1.165) is 35.5 Å². The van der Waals surface area contributed by atoms with Crippen molar-refractivity contribution in [3.63, 3.8) is 0 Å². The predicted octanol–water partition coefficient (Wildman–Crippen LogP) is 2.86. The number of esters is 1. The van der Waals surface area contributed by atoms with Crippen LogP contribution in [0.5, 0.6) is 0 Å². The predicted molar refractivity (Wildman–Crippen MR) is 100.0 cm³/mol. The summed E-state index contributed by atoms with van der Waals surface area (Å²) in [5, 5.41) is 0. The Morgan fingerprint density at radius 3 is 2.58 bits per heavy atom. The Labute approximate surface area is 152 Å². The van der Waals surface area contributed by atoms with Crippen molar-refractivity contribution in [2.75, 3.05) is 31.1 Å². The van der Waals surface area contributed by atoms with Gasteiger partial charge in [0.25, 0.3) is 0 Å². The minimum atomic E-state index is -0.243. The molecular formula is C21H20N2O3.